The van der Waals surface area contributed by atoms with Gasteiger partial charge in [-0.25, -0.2) is 0 Å². The van der Waals surface area contributed by atoms with Crippen LogP contribution in [-0.4, -0.2) is 11.4 Å². The van der Waals surface area contributed by atoms with E-state index >= 15 is 0 Å². The number of aromatic nitrogens is 1. The van der Waals surface area contributed by atoms with Crippen molar-refractivity contribution in [3.8, 4) is 0 Å². The SMILES string of the molecule is CC[n+]1c(C=NO)sc2ccccc21. The third-order valence-corrected chi connectivity index (χ3v) is 3.22. The molecular formula is C10H11N2OS+. The van der Waals surface area contributed by atoms with Crippen molar-refractivity contribution in [1.82, 2.24) is 0 Å². The Bertz CT molecular complexity index is 476. The zero-order valence-electron chi connectivity index (χ0n) is 7.84. The second kappa shape index (κ2) is 3.75. The molecule has 1 aromatic carbocycles. The zero-order valence-corrected chi connectivity index (χ0v) is 8.66. The molecule has 72 valence electrons. The lowest BCUT2D eigenvalue weighted by Crippen LogP contribution is -2.34. The monoisotopic (exact) mass is 207 g/mol. The van der Waals surface area contributed by atoms with E-state index in [-0.39, 0.29) is 0 Å². The van der Waals surface area contributed by atoms with Gasteiger partial charge in [0.2, 0.25) is 5.52 Å². The number of hydrogen-bond acceptors (Lipinski definition) is 3. The summed E-state index contributed by atoms with van der Waals surface area (Å²) in [5.74, 6) is 0. The Labute approximate surface area is 85.9 Å². The number of thiazole rings is 1. The van der Waals surface area contributed by atoms with E-state index in [0.717, 1.165) is 11.6 Å². The van der Waals surface area contributed by atoms with Gasteiger partial charge in [-0.15, -0.1) is 0 Å². The van der Waals surface area contributed by atoms with Gasteiger partial charge in [-0.3, -0.25) is 0 Å². The fraction of sp³-hybridized carbons (Fsp3) is 0.200. The average Bonchev–Trinajstić information content (AvgIpc) is 2.55. The van der Waals surface area contributed by atoms with Crippen molar-refractivity contribution in [2.45, 2.75) is 13.5 Å². The van der Waals surface area contributed by atoms with Crippen LogP contribution in [0.2, 0.25) is 0 Å². The van der Waals surface area contributed by atoms with Crippen LogP contribution in [0.5, 0.6) is 0 Å². The predicted molar refractivity (Wildman–Crippen MR) is 57.1 cm³/mol. The first-order valence-electron chi connectivity index (χ1n) is 4.45. The van der Waals surface area contributed by atoms with E-state index in [9.17, 15) is 0 Å². The summed E-state index contributed by atoms with van der Waals surface area (Å²) in [5.41, 5.74) is 1.19. The topological polar surface area (TPSA) is 36.5 Å². The molecule has 14 heavy (non-hydrogen) atoms. The average molecular weight is 207 g/mol. The quantitative estimate of drug-likeness (QED) is 0.348. The summed E-state index contributed by atoms with van der Waals surface area (Å²) in [6, 6.07) is 8.17. The molecule has 0 unspecified atom stereocenters. The highest BCUT2D eigenvalue weighted by atomic mass is 32.1. The summed E-state index contributed by atoms with van der Waals surface area (Å²) in [6.45, 7) is 2.96. The Hall–Kier alpha value is -1.42. The Morgan fingerprint density at radius 2 is 2.29 bits per heavy atom. The van der Waals surface area contributed by atoms with Crippen LogP contribution in [0.25, 0.3) is 10.2 Å². The summed E-state index contributed by atoms with van der Waals surface area (Å²) in [4.78, 5) is 0. The minimum absolute atomic E-state index is 0.880. The first-order chi connectivity index (χ1) is 6.86. The molecular weight excluding hydrogens is 196 g/mol. The highest BCUT2D eigenvalue weighted by Crippen LogP contribution is 2.18. The number of rotatable bonds is 2. The fourth-order valence-electron chi connectivity index (χ4n) is 1.52. The summed E-state index contributed by atoms with van der Waals surface area (Å²) in [7, 11) is 0. The number of aryl methyl sites for hydroxylation is 1. The van der Waals surface area contributed by atoms with Crippen LogP contribution in [0, 0.1) is 0 Å². The number of oxime groups is 1. The fourth-order valence-corrected chi connectivity index (χ4v) is 2.62. The summed E-state index contributed by atoms with van der Waals surface area (Å²) < 4.78 is 3.34. The number of nitrogens with zero attached hydrogens (tertiary/aromatic N) is 2. The molecule has 0 aliphatic heterocycles. The Kier molecular flexibility index (Phi) is 2.45. The lowest BCUT2D eigenvalue weighted by Gasteiger charge is -1.88. The van der Waals surface area contributed by atoms with Gasteiger partial charge >= 0.3 is 0 Å². The highest BCUT2D eigenvalue weighted by Gasteiger charge is 2.16. The van der Waals surface area contributed by atoms with Gasteiger partial charge in [-0.1, -0.05) is 28.6 Å². The van der Waals surface area contributed by atoms with Gasteiger partial charge in [0.05, 0.1) is 0 Å². The van der Waals surface area contributed by atoms with Crippen LogP contribution in [0.4, 0.5) is 0 Å². The highest BCUT2D eigenvalue weighted by molar-refractivity contribution is 7.19. The summed E-state index contributed by atoms with van der Waals surface area (Å²) in [6.07, 6.45) is 1.48. The van der Waals surface area contributed by atoms with Crippen LogP contribution < -0.4 is 4.57 Å². The standard InChI is InChI=1S/C10H10N2OS/c1-2-12-8-5-3-4-6-9(8)14-10(12)7-11-13/h3-7H,2H2,1H3/p+1. The van der Waals surface area contributed by atoms with Gasteiger partial charge < -0.3 is 5.21 Å². The first kappa shape index (κ1) is 9.15. The largest absolute Gasteiger partial charge is 0.411 e. The van der Waals surface area contributed by atoms with Crippen molar-refractivity contribution in [3.05, 3.63) is 29.3 Å². The van der Waals surface area contributed by atoms with Gasteiger partial charge in [-0.2, -0.15) is 4.57 Å². The molecule has 2 rings (SSSR count). The van der Waals surface area contributed by atoms with Crippen molar-refractivity contribution in [3.63, 3.8) is 0 Å². The van der Waals surface area contributed by atoms with Crippen molar-refractivity contribution in [1.29, 1.82) is 0 Å². The number of para-hydroxylation sites is 1. The van der Waals surface area contributed by atoms with Crippen LogP contribution in [-0.2, 0) is 6.54 Å². The molecule has 0 aliphatic rings. The lowest BCUT2D eigenvalue weighted by molar-refractivity contribution is -0.664. The molecule has 0 fully saturated rings. The Morgan fingerprint density at radius 1 is 1.50 bits per heavy atom. The van der Waals surface area contributed by atoms with Gasteiger partial charge in [0.25, 0.3) is 5.01 Å². The molecule has 0 radical (unpaired) electrons. The minimum Gasteiger partial charge on any atom is -0.411 e. The molecule has 0 aliphatic carbocycles. The molecule has 2 aromatic rings. The molecule has 0 saturated heterocycles. The van der Waals surface area contributed by atoms with E-state index in [1.54, 1.807) is 11.3 Å². The molecule has 0 amide bonds. The third kappa shape index (κ3) is 1.37. The van der Waals surface area contributed by atoms with Crippen LogP contribution >= 0.6 is 11.3 Å². The molecule has 1 heterocycles. The van der Waals surface area contributed by atoms with Crippen LogP contribution in [0.3, 0.4) is 0 Å². The third-order valence-electron chi connectivity index (χ3n) is 2.12. The van der Waals surface area contributed by atoms with Gasteiger partial charge in [0.15, 0.2) is 0 Å². The first-order valence-corrected chi connectivity index (χ1v) is 5.27. The predicted octanol–water partition coefficient (Wildman–Crippen LogP) is 2.02. The molecule has 1 N–H and O–H groups in total. The van der Waals surface area contributed by atoms with E-state index in [1.807, 2.05) is 12.1 Å². The van der Waals surface area contributed by atoms with Crippen LogP contribution in [0.1, 0.15) is 11.9 Å². The van der Waals surface area contributed by atoms with Crippen molar-refractivity contribution < 1.29 is 9.77 Å². The van der Waals surface area contributed by atoms with E-state index < -0.39 is 0 Å². The maximum absolute atomic E-state index is 8.53. The van der Waals surface area contributed by atoms with Gasteiger partial charge in [-0.05, 0) is 13.0 Å². The van der Waals surface area contributed by atoms with Crippen molar-refractivity contribution >= 4 is 27.8 Å². The summed E-state index contributed by atoms with van der Waals surface area (Å²) >= 11 is 1.63. The molecule has 1 aromatic heterocycles. The van der Waals surface area contributed by atoms with Gasteiger partial charge in [0.1, 0.15) is 17.5 Å². The second-order valence-corrected chi connectivity index (χ2v) is 3.96. The molecule has 3 nitrogen and oxygen atoms in total. The van der Waals surface area contributed by atoms with Crippen LogP contribution in [0.15, 0.2) is 29.4 Å². The lowest BCUT2D eigenvalue weighted by atomic mass is 10.3. The molecule has 4 heteroatoms. The maximum atomic E-state index is 8.53. The van der Waals surface area contributed by atoms with E-state index in [0.29, 0.717) is 0 Å². The number of hydrogen-bond donors (Lipinski definition) is 1. The van der Waals surface area contributed by atoms with E-state index in [4.69, 9.17) is 5.21 Å². The van der Waals surface area contributed by atoms with E-state index in [1.165, 1.54) is 16.4 Å². The second-order valence-electron chi connectivity index (χ2n) is 2.90. The molecule has 0 atom stereocenters. The smallest absolute Gasteiger partial charge is 0.284 e. The summed E-state index contributed by atoms with van der Waals surface area (Å²) in [5, 5.41) is 12.6. The molecule has 0 spiro atoms. The number of benzene rings is 1. The van der Waals surface area contributed by atoms with E-state index in [2.05, 4.69) is 28.8 Å². The van der Waals surface area contributed by atoms with Crippen molar-refractivity contribution in [2.75, 3.05) is 0 Å². The maximum Gasteiger partial charge on any atom is 0.284 e. The molecule has 0 saturated carbocycles. The Balaban J connectivity index is 2.72. The molecule has 0 bridgehead atoms. The Morgan fingerprint density at radius 3 is 3.00 bits per heavy atom. The zero-order chi connectivity index (χ0) is 9.97. The minimum atomic E-state index is 0.880. The van der Waals surface area contributed by atoms with Gasteiger partial charge in [0, 0.05) is 6.07 Å². The number of fused-ring (bicyclic) bond motifs is 1. The normalized spacial score (nSPS) is 11.5. The van der Waals surface area contributed by atoms with Crippen molar-refractivity contribution in [2.24, 2.45) is 5.16 Å².